The minimum atomic E-state index is -3.80. The first kappa shape index (κ1) is 26.1. The van der Waals surface area contributed by atoms with Crippen molar-refractivity contribution in [3.63, 3.8) is 0 Å². The van der Waals surface area contributed by atoms with Gasteiger partial charge in [-0.25, -0.2) is 8.42 Å². The first-order valence-corrected chi connectivity index (χ1v) is 13.0. The highest BCUT2D eigenvalue weighted by Crippen LogP contribution is 2.27. The second-order valence-corrected chi connectivity index (χ2v) is 10.8. The monoisotopic (exact) mass is 540 g/mol. The number of anilines is 1. The molecule has 2 heterocycles. The van der Waals surface area contributed by atoms with E-state index in [1.165, 1.54) is 4.31 Å². The van der Waals surface area contributed by atoms with Crippen LogP contribution in [0.5, 0.6) is 0 Å². The third-order valence-corrected chi connectivity index (χ3v) is 7.77. The van der Waals surface area contributed by atoms with Crippen molar-refractivity contribution in [2.45, 2.75) is 13.0 Å². The molecule has 0 bridgehead atoms. The van der Waals surface area contributed by atoms with E-state index in [2.05, 4.69) is 10.2 Å². The number of hydrogen-bond donors (Lipinski definition) is 1. The van der Waals surface area contributed by atoms with Crippen LogP contribution in [0.2, 0.25) is 5.02 Å². The first-order chi connectivity index (χ1) is 17.2. The lowest BCUT2D eigenvalue weighted by Gasteiger charge is -2.38. The van der Waals surface area contributed by atoms with Crippen LogP contribution in [0.15, 0.2) is 52.9 Å². The second kappa shape index (κ2) is 11.0. The standard InChI is InChI=1S/C23H23ClF2N4O5S/c24-18-2-1-3-19(10-18)30(36(33,34)9-8-29-12-17(13-29)20(32)14-31)11-15-4-6-16(7-5-15)22-27-28-23(35-22)21(25)26/h1-7,10,17,21,31H,8-9,11-14H2. The predicted octanol–water partition coefficient (Wildman–Crippen LogP) is 3.16. The summed E-state index contributed by atoms with van der Waals surface area (Å²) in [6.07, 6.45) is -2.88. The van der Waals surface area contributed by atoms with E-state index in [1.54, 1.807) is 48.5 Å². The number of halogens is 3. The summed E-state index contributed by atoms with van der Waals surface area (Å²) in [5.74, 6) is -1.54. The van der Waals surface area contributed by atoms with Gasteiger partial charge in [0, 0.05) is 36.1 Å². The van der Waals surface area contributed by atoms with Crippen LogP contribution in [-0.4, -0.2) is 66.4 Å². The van der Waals surface area contributed by atoms with Crippen molar-refractivity contribution in [3.8, 4) is 11.5 Å². The zero-order chi connectivity index (χ0) is 25.9. The molecule has 192 valence electrons. The molecular formula is C23H23ClF2N4O5S. The molecule has 4 rings (SSSR count). The summed E-state index contributed by atoms with van der Waals surface area (Å²) >= 11 is 6.11. The highest BCUT2D eigenvalue weighted by molar-refractivity contribution is 7.92. The number of Topliss-reactive ketones (excluding diaryl/α,β-unsaturated/α-hetero) is 1. The van der Waals surface area contributed by atoms with Crippen LogP contribution in [0, 0.1) is 5.92 Å². The Morgan fingerprint density at radius 2 is 1.92 bits per heavy atom. The van der Waals surface area contributed by atoms with Crippen LogP contribution >= 0.6 is 11.6 Å². The molecule has 0 amide bonds. The lowest BCUT2D eigenvalue weighted by Crippen LogP contribution is -2.52. The Hall–Kier alpha value is -2.93. The highest BCUT2D eigenvalue weighted by Gasteiger charge is 2.33. The Bertz CT molecular complexity index is 1310. The summed E-state index contributed by atoms with van der Waals surface area (Å²) in [4.78, 5) is 13.4. The summed E-state index contributed by atoms with van der Waals surface area (Å²) in [6.45, 7) is 0.545. The van der Waals surface area contributed by atoms with Gasteiger partial charge in [-0.1, -0.05) is 29.8 Å². The van der Waals surface area contributed by atoms with Crippen LogP contribution < -0.4 is 4.31 Å². The van der Waals surface area contributed by atoms with E-state index in [1.807, 2.05) is 4.90 Å². The van der Waals surface area contributed by atoms with Gasteiger partial charge < -0.3 is 14.4 Å². The molecule has 13 heteroatoms. The summed E-state index contributed by atoms with van der Waals surface area (Å²) in [6, 6.07) is 12.9. The van der Waals surface area contributed by atoms with Crippen LogP contribution in [0.1, 0.15) is 17.9 Å². The molecule has 0 aliphatic carbocycles. The Labute approximate surface area is 211 Å². The number of aliphatic hydroxyl groups is 1. The van der Waals surface area contributed by atoms with Crippen LogP contribution in [0.4, 0.5) is 14.5 Å². The summed E-state index contributed by atoms with van der Waals surface area (Å²) in [7, 11) is -3.80. The number of likely N-dealkylation sites (tertiary alicyclic amines) is 1. The van der Waals surface area contributed by atoms with Crippen molar-refractivity contribution >= 4 is 33.1 Å². The van der Waals surface area contributed by atoms with E-state index in [0.29, 0.717) is 34.9 Å². The van der Waals surface area contributed by atoms with Gasteiger partial charge in [0.05, 0.1) is 18.0 Å². The number of nitrogens with zero attached hydrogens (tertiary/aromatic N) is 4. The Morgan fingerprint density at radius 3 is 2.53 bits per heavy atom. The third kappa shape index (κ3) is 6.06. The molecule has 0 spiro atoms. The zero-order valence-electron chi connectivity index (χ0n) is 18.9. The molecule has 9 nitrogen and oxygen atoms in total. The topological polar surface area (TPSA) is 117 Å². The number of aromatic nitrogens is 2. The molecule has 1 saturated heterocycles. The summed E-state index contributed by atoms with van der Waals surface area (Å²) in [5.41, 5.74) is 1.44. The SMILES string of the molecule is O=C(CO)C1CN(CCS(=O)(=O)N(Cc2ccc(-c3nnc(C(F)F)o3)cc2)c2cccc(Cl)c2)C1. The van der Waals surface area contributed by atoms with E-state index in [9.17, 15) is 22.0 Å². The number of benzene rings is 2. The predicted molar refractivity (Wildman–Crippen MR) is 128 cm³/mol. The van der Waals surface area contributed by atoms with Crippen LogP contribution in [-0.2, 0) is 21.4 Å². The van der Waals surface area contributed by atoms with Crippen molar-refractivity contribution in [1.82, 2.24) is 15.1 Å². The molecule has 1 N–H and O–H groups in total. The number of alkyl halides is 2. The quantitative estimate of drug-likeness (QED) is 0.394. The second-order valence-electron chi connectivity index (χ2n) is 8.33. The molecule has 2 aromatic carbocycles. The average molecular weight is 541 g/mol. The van der Waals surface area contributed by atoms with Gasteiger partial charge in [0.1, 0.15) is 6.61 Å². The molecule has 3 aromatic rings. The van der Waals surface area contributed by atoms with Gasteiger partial charge in [-0.3, -0.25) is 9.10 Å². The molecule has 1 aromatic heterocycles. The largest absolute Gasteiger partial charge is 0.415 e. The number of rotatable bonds is 11. The lowest BCUT2D eigenvalue weighted by molar-refractivity contribution is -0.130. The number of carbonyl (C=O) groups is 1. The fourth-order valence-electron chi connectivity index (χ4n) is 3.78. The summed E-state index contributed by atoms with van der Waals surface area (Å²) < 4.78 is 58.4. The van der Waals surface area contributed by atoms with Crippen LogP contribution in [0.25, 0.3) is 11.5 Å². The lowest BCUT2D eigenvalue weighted by atomic mass is 9.96. The molecule has 0 radical (unpaired) electrons. The molecule has 0 atom stereocenters. The molecule has 1 aliphatic heterocycles. The average Bonchev–Trinajstić information content (AvgIpc) is 3.32. The molecular weight excluding hydrogens is 518 g/mol. The minimum Gasteiger partial charge on any atom is -0.415 e. The zero-order valence-corrected chi connectivity index (χ0v) is 20.5. The number of sulfonamides is 1. The number of aliphatic hydroxyl groups excluding tert-OH is 1. The van der Waals surface area contributed by atoms with Crippen molar-refractivity contribution in [3.05, 3.63) is 65.0 Å². The van der Waals surface area contributed by atoms with E-state index in [4.69, 9.17) is 21.1 Å². The van der Waals surface area contributed by atoms with Crippen molar-refractivity contribution < 1.29 is 31.5 Å². The molecule has 1 aliphatic rings. The van der Waals surface area contributed by atoms with Crippen molar-refractivity contribution in [2.24, 2.45) is 5.92 Å². The first-order valence-electron chi connectivity index (χ1n) is 11.0. The van der Waals surface area contributed by atoms with Crippen LogP contribution in [0.3, 0.4) is 0 Å². The number of carbonyl (C=O) groups excluding carboxylic acids is 1. The molecule has 36 heavy (non-hydrogen) atoms. The maximum atomic E-state index is 13.4. The van der Waals surface area contributed by atoms with Gasteiger partial charge in [0.2, 0.25) is 15.9 Å². The molecule has 0 saturated carbocycles. The van der Waals surface area contributed by atoms with Crippen molar-refractivity contribution in [2.75, 3.05) is 36.3 Å². The number of ketones is 1. The normalized spacial score (nSPS) is 14.7. The summed E-state index contributed by atoms with van der Waals surface area (Å²) in [5, 5.41) is 16.3. The molecule has 1 fully saturated rings. The van der Waals surface area contributed by atoms with E-state index < -0.39 is 28.9 Å². The van der Waals surface area contributed by atoms with Gasteiger partial charge in [-0.2, -0.15) is 8.78 Å². The fourth-order valence-corrected chi connectivity index (χ4v) is 5.45. The smallest absolute Gasteiger partial charge is 0.314 e. The fraction of sp³-hybridized carbons (Fsp3) is 0.348. The number of hydrogen-bond acceptors (Lipinski definition) is 8. The Kier molecular flexibility index (Phi) is 7.98. The molecule has 0 unspecified atom stereocenters. The Balaban J connectivity index is 1.49. The Morgan fingerprint density at radius 1 is 1.19 bits per heavy atom. The highest BCUT2D eigenvalue weighted by atomic mass is 35.5. The van der Waals surface area contributed by atoms with Gasteiger partial charge >= 0.3 is 6.43 Å². The van der Waals surface area contributed by atoms with Gasteiger partial charge in [0.15, 0.2) is 5.78 Å². The van der Waals surface area contributed by atoms with Gasteiger partial charge in [-0.15, -0.1) is 10.2 Å². The minimum absolute atomic E-state index is 0.000691. The van der Waals surface area contributed by atoms with Crippen molar-refractivity contribution in [1.29, 1.82) is 0 Å². The maximum Gasteiger partial charge on any atom is 0.314 e. The van der Waals surface area contributed by atoms with E-state index >= 15 is 0 Å². The van der Waals surface area contributed by atoms with Gasteiger partial charge in [0.25, 0.3) is 5.89 Å². The van der Waals surface area contributed by atoms with E-state index in [-0.39, 0.29) is 36.4 Å². The maximum absolute atomic E-state index is 13.4. The van der Waals surface area contributed by atoms with E-state index in [0.717, 1.165) is 0 Å². The third-order valence-electron chi connectivity index (χ3n) is 5.82. The van der Waals surface area contributed by atoms with Gasteiger partial charge in [-0.05, 0) is 35.9 Å².